The van der Waals surface area contributed by atoms with Crippen LogP contribution in [0.3, 0.4) is 0 Å². The fraction of sp³-hybridized carbons (Fsp3) is 0.200. The summed E-state index contributed by atoms with van der Waals surface area (Å²) in [6.07, 6.45) is 0. The molecule has 1 atom stereocenters. The molecule has 0 radical (unpaired) electrons. The number of alkyl halides is 1. The van der Waals surface area contributed by atoms with Crippen molar-refractivity contribution in [2.75, 3.05) is 10.6 Å². The van der Waals surface area contributed by atoms with Crippen LogP contribution in [-0.2, 0) is 4.79 Å². The number of amides is 2. The molecule has 26 heavy (non-hydrogen) atoms. The lowest BCUT2D eigenvalue weighted by molar-refractivity contribution is -0.115. The minimum atomic E-state index is -0.737. The van der Waals surface area contributed by atoms with Gasteiger partial charge in [0.05, 0.1) is 0 Å². The van der Waals surface area contributed by atoms with Gasteiger partial charge < -0.3 is 15.1 Å². The van der Waals surface area contributed by atoms with Crippen LogP contribution < -0.4 is 10.6 Å². The van der Waals surface area contributed by atoms with Gasteiger partial charge in [-0.15, -0.1) is 11.6 Å². The maximum atomic E-state index is 12.8. The number of nitrogens with one attached hydrogen (secondary N) is 2. The van der Waals surface area contributed by atoms with E-state index in [0.29, 0.717) is 22.3 Å². The van der Waals surface area contributed by atoms with Crippen molar-refractivity contribution in [1.82, 2.24) is 0 Å². The second-order valence-electron chi connectivity index (χ2n) is 6.16. The van der Waals surface area contributed by atoms with Gasteiger partial charge in [0.2, 0.25) is 11.7 Å². The molecule has 2 amide bonds. The number of rotatable bonds is 4. The second kappa shape index (κ2) is 7.22. The van der Waals surface area contributed by atoms with Crippen molar-refractivity contribution < 1.29 is 14.0 Å². The van der Waals surface area contributed by atoms with E-state index in [1.807, 2.05) is 38.1 Å². The minimum absolute atomic E-state index is 0.0371. The molecule has 134 valence electrons. The van der Waals surface area contributed by atoms with Gasteiger partial charge in [0, 0.05) is 11.1 Å². The molecule has 0 aliphatic heterocycles. The summed E-state index contributed by atoms with van der Waals surface area (Å²) in [6.45, 7) is 5.54. The number of carbonyl (C=O) groups excluding carboxylic acids is 2. The zero-order chi connectivity index (χ0) is 18.8. The molecule has 0 aliphatic carbocycles. The van der Waals surface area contributed by atoms with Crippen LogP contribution in [0.5, 0.6) is 0 Å². The van der Waals surface area contributed by atoms with Gasteiger partial charge >= 0.3 is 0 Å². The number of para-hydroxylation sites is 1. The Morgan fingerprint density at radius 2 is 1.77 bits per heavy atom. The molecular formula is C20H19ClN2O3. The van der Waals surface area contributed by atoms with Crippen LogP contribution in [-0.4, -0.2) is 17.2 Å². The van der Waals surface area contributed by atoms with E-state index in [1.54, 1.807) is 25.1 Å². The molecule has 0 fully saturated rings. The van der Waals surface area contributed by atoms with E-state index in [9.17, 15) is 9.59 Å². The Labute approximate surface area is 156 Å². The van der Waals surface area contributed by atoms with Crippen molar-refractivity contribution in [3.05, 3.63) is 59.4 Å². The van der Waals surface area contributed by atoms with Gasteiger partial charge in [-0.05, 0) is 56.2 Å². The number of hydrogen-bond donors (Lipinski definition) is 2. The third-order valence-corrected chi connectivity index (χ3v) is 4.37. The van der Waals surface area contributed by atoms with E-state index in [2.05, 4.69) is 10.6 Å². The third-order valence-electron chi connectivity index (χ3n) is 4.18. The van der Waals surface area contributed by atoms with E-state index in [4.69, 9.17) is 16.0 Å². The van der Waals surface area contributed by atoms with Crippen molar-refractivity contribution in [1.29, 1.82) is 0 Å². The van der Waals surface area contributed by atoms with Crippen LogP contribution in [0.4, 0.5) is 11.4 Å². The first-order valence-corrected chi connectivity index (χ1v) is 8.65. The van der Waals surface area contributed by atoms with E-state index < -0.39 is 17.2 Å². The Kier molecular flexibility index (Phi) is 5.00. The van der Waals surface area contributed by atoms with E-state index in [0.717, 1.165) is 11.1 Å². The van der Waals surface area contributed by atoms with Crippen LogP contribution in [0, 0.1) is 13.8 Å². The zero-order valence-electron chi connectivity index (χ0n) is 14.7. The quantitative estimate of drug-likeness (QED) is 0.644. The molecule has 0 bridgehead atoms. The van der Waals surface area contributed by atoms with Crippen molar-refractivity contribution >= 4 is 45.8 Å². The van der Waals surface area contributed by atoms with Gasteiger partial charge in [-0.25, -0.2) is 0 Å². The predicted octanol–water partition coefficient (Wildman–Crippen LogP) is 4.87. The molecule has 6 heteroatoms. The highest BCUT2D eigenvalue weighted by molar-refractivity contribution is 6.33. The highest BCUT2D eigenvalue weighted by atomic mass is 35.5. The van der Waals surface area contributed by atoms with E-state index in [1.165, 1.54) is 0 Å². The summed E-state index contributed by atoms with van der Waals surface area (Å²) in [6, 6.07) is 12.8. The molecule has 2 aromatic carbocycles. The van der Waals surface area contributed by atoms with Crippen molar-refractivity contribution in [3.63, 3.8) is 0 Å². The Balaban J connectivity index is 1.98. The summed E-state index contributed by atoms with van der Waals surface area (Å²) in [5, 5.41) is 5.41. The van der Waals surface area contributed by atoms with Crippen LogP contribution in [0.2, 0.25) is 0 Å². The molecule has 3 aromatic rings. The molecule has 0 aliphatic rings. The zero-order valence-corrected chi connectivity index (χ0v) is 15.5. The van der Waals surface area contributed by atoms with Crippen molar-refractivity contribution in [3.8, 4) is 0 Å². The number of furan rings is 1. The Morgan fingerprint density at radius 3 is 2.46 bits per heavy atom. The Morgan fingerprint density at radius 1 is 1.04 bits per heavy atom. The Hall–Kier alpha value is -2.79. The summed E-state index contributed by atoms with van der Waals surface area (Å²) < 4.78 is 5.70. The van der Waals surface area contributed by atoms with Gasteiger partial charge in [0.1, 0.15) is 16.6 Å². The van der Waals surface area contributed by atoms with Gasteiger partial charge in [0.25, 0.3) is 5.91 Å². The number of hydrogen-bond acceptors (Lipinski definition) is 3. The number of fused-ring (bicyclic) bond motifs is 1. The standard InChI is InChI=1S/C20H19ClN2O3/c1-11-8-9-14(10-12(11)2)22-20(25)18-17(23-19(24)13(3)21)15-6-4-5-7-16(15)26-18/h4-10,13H,1-3H3,(H,22,25)(H,23,24)/t13-/m0/s1. The first kappa shape index (κ1) is 18.0. The normalized spacial score (nSPS) is 12.0. The maximum Gasteiger partial charge on any atom is 0.293 e. The highest BCUT2D eigenvalue weighted by Gasteiger charge is 2.23. The lowest BCUT2D eigenvalue weighted by atomic mass is 10.1. The van der Waals surface area contributed by atoms with Crippen LogP contribution in [0.1, 0.15) is 28.6 Å². The summed E-state index contributed by atoms with van der Waals surface area (Å²) in [5.41, 5.74) is 3.68. The molecule has 0 saturated heterocycles. The number of carbonyl (C=O) groups is 2. The third kappa shape index (κ3) is 3.58. The molecule has 1 heterocycles. The monoisotopic (exact) mass is 370 g/mol. The SMILES string of the molecule is Cc1ccc(NC(=O)c2oc3ccccc3c2NC(=O)[C@H](C)Cl)cc1C. The lowest BCUT2D eigenvalue weighted by Gasteiger charge is -2.09. The van der Waals surface area contributed by atoms with Crippen molar-refractivity contribution in [2.45, 2.75) is 26.1 Å². The molecule has 5 nitrogen and oxygen atoms in total. The molecule has 0 spiro atoms. The van der Waals surface area contributed by atoms with Crippen LogP contribution in [0.25, 0.3) is 11.0 Å². The van der Waals surface area contributed by atoms with Gasteiger partial charge in [-0.1, -0.05) is 18.2 Å². The van der Waals surface area contributed by atoms with Gasteiger partial charge in [-0.2, -0.15) is 0 Å². The summed E-state index contributed by atoms with van der Waals surface area (Å²) in [7, 11) is 0. The Bertz CT molecular complexity index is 992. The molecule has 0 saturated carbocycles. The first-order valence-electron chi connectivity index (χ1n) is 8.22. The minimum Gasteiger partial charge on any atom is -0.449 e. The summed E-state index contributed by atoms with van der Waals surface area (Å²) >= 11 is 5.85. The maximum absolute atomic E-state index is 12.8. The van der Waals surface area contributed by atoms with Gasteiger partial charge in [-0.3, -0.25) is 9.59 Å². The second-order valence-corrected chi connectivity index (χ2v) is 6.82. The van der Waals surface area contributed by atoms with E-state index in [-0.39, 0.29) is 5.76 Å². The molecule has 3 rings (SSSR count). The smallest absolute Gasteiger partial charge is 0.293 e. The number of aryl methyl sites for hydroxylation is 2. The molecule has 1 aromatic heterocycles. The number of benzene rings is 2. The fourth-order valence-corrected chi connectivity index (χ4v) is 2.61. The number of anilines is 2. The average molecular weight is 371 g/mol. The first-order chi connectivity index (χ1) is 12.4. The lowest BCUT2D eigenvalue weighted by Crippen LogP contribution is -2.22. The topological polar surface area (TPSA) is 71.3 Å². The summed E-state index contributed by atoms with van der Waals surface area (Å²) in [5.74, 6) is -0.810. The summed E-state index contributed by atoms with van der Waals surface area (Å²) in [4.78, 5) is 24.8. The molecule has 2 N–H and O–H groups in total. The largest absolute Gasteiger partial charge is 0.449 e. The van der Waals surface area contributed by atoms with Gasteiger partial charge in [0.15, 0.2) is 0 Å². The van der Waals surface area contributed by atoms with Crippen LogP contribution >= 0.6 is 11.6 Å². The predicted molar refractivity (Wildman–Crippen MR) is 104 cm³/mol. The van der Waals surface area contributed by atoms with Crippen LogP contribution in [0.15, 0.2) is 46.9 Å². The van der Waals surface area contributed by atoms with Crippen molar-refractivity contribution in [2.24, 2.45) is 0 Å². The highest BCUT2D eigenvalue weighted by Crippen LogP contribution is 2.32. The fourth-order valence-electron chi connectivity index (χ4n) is 2.56. The average Bonchev–Trinajstić information content (AvgIpc) is 2.97. The molecule has 0 unspecified atom stereocenters. The molecular weight excluding hydrogens is 352 g/mol. The number of halogens is 1. The van der Waals surface area contributed by atoms with E-state index >= 15 is 0 Å².